The van der Waals surface area contributed by atoms with Crippen molar-refractivity contribution in [3.05, 3.63) is 47.5 Å². The molecule has 1 aromatic carbocycles. The van der Waals surface area contributed by atoms with Gasteiger partial charge in [0, 0.05) is 0 Å². The summed E-state index contributed by atoms with van der Waals surface area (Å²) in [5, 5.41) is 6.24. The Hall–Kier alpha value is -2.50. The van der Waals surface area contributed by atoms with Crippen LogP contribution in [0.25, 0.3) is 0 Å². The van der Waals surface area contributed by atoms with Crippen molar-refractivity contribution in [2.45, 2.75) is 32.3 Å². The number of benzene rings is 1. The van der Waals surface area contributed by atoms with Gasteiger partial charge in [-0.3, -0.25) is 0 Å². The molecule has 1 aromatic rings. The lowest BCUT2D eigenvalue weighted by molar-refractivity contribution is 0.144. The van der Waals surface area contributed by atoms with Gasteiger partial charge >= 0.3 is 12.2 Å². The van der Waals surface area contributed by atoms with Crippen molar-refractivity contribution in [2.75, 3.05) is 6.61 Å². The van der Waals surface area contributed by atoms with E-state index in [1.165, 1.54) is 18.4 Å². The van der Waals surface area contributed by atoms with Crippen molar-refractivity contribution in [1.82, 2.24) is 0 Å². The summed E-state index contributed by atoms with van der Waals surface area (Å²) in [5.41, 5.74) is 2.21. The number of rotatable bonds is 4. The Labute approximate surface area is 140 Å². The second-order valence-electron chi connectivity index (χ2n) is 6.08. The van der Waals surface area contributed by atoms with E-state index in [1.54, 1.807) is 6.92 Å². The van der Waals surface area contributed by atoms with Gasteiger partial charge in [-0.05, 0) is 48.6 Å². The number of fused-ring (bicyclic) bond motifs is 2. The van der Waals surface area contributed by atoms with Crippen molar-refractivity contribution in [1.29, 1.82) is 0 Å². The summed E-state index contributed by atoms with van der Waals surface area (Å²) in [6.07, 6.45) is 5.35. The van der Waals surface area contributed by atoms with Crippen LogP contribution >= 0.6 is 0 Å². The molecule has 24 heavy (non-hydrogen) atoms. The standard InChI is InChI=1S/C18H20N2O4/c1-2-23-17(21)19-20-18(22)24-11-12-3-6-14(7-4-12)16-10-13-5-8-15(16)9-13/h3-8,13,15-16H,2,9-11H2,1H3/b20-19+/t13-,15+,16?/m1/s1. The lowest BCUT2D eigenvalue weighted by atomic mass is 9.86. The fourth-order valence-corrected chi connectivity index (χ4v) is 3.43. The molecule has 0 aromatic heterocycles. The van der Waals surface area contributed by atoms with Crippen LogP contribution < -0.4 is 0 Å². The fraction of sp³-hybridized carbons (Fsp3) is 0.444. The zero-order valence-corrected chi connectivity index (χ0v) is 13.6. The average Bonchev–Trinajstić information content (AvgIpc) is 3.22. The van der Waals surface area contributed by atoms with Crippen LogP contribution in [-0.4, -0.2) is 18.8 Å². The summed E-state index contributed by atoms with van der Waals surface area (Å²) in [4.78, 5) is 22.3. The molecule has 2 aliphatic carbocycles. The van der Waals surface area contributed by atoms with E-state index in [0.29, 0.717) is 11.8 Å². The smallest absolute Gasteiger partial charge is 0.447 e. The summed E-state index contributed by atoms with van der Waals surface area (Å²) in [6, 6.07) is 8.12. The van der Waals surface area contributed by atoms with Crippen LogP contribution in [-0.2, 0) is 16.1 Å². The molecule has 126 valence electrons. The number of nitrogens with zero attached hydrogens (tertiary/aromatic N) is 2. The molecule has 6 nitrogen and oxygen atoms in total. The van der Waals surface area contributed by atoms with E-state index in [1.807, 2.05) is 12.1 Å². The van der Waals surface area contributed by atoms with Crippen molar-refractivity contribution >= 4 is 12.2 Å². The Morgan fingerprint density at radius 1 is 1.04 bits per heavy atom. The van der Waals surface area contributed by atoms with Gasteiger partial charge in [-0.25, -0.2) is 9.59 Å². The number of carbonyl (C=O) groups is 2. The normalized spacial score (nSPS) is 24.5. The molecule has 0 saturated heterocycles. The number of hydrogen-bond acceptors (Lipinski definition) is 4. The SMILES string of the molecule is CCOC(=O)/N=N/C(=O)OCc1ccc(C2C[C@@H]3C=C[C@H]2C3)cc1. The monoisotopic (exact) mass is 328 g/mol. The van der Waals surface area contributed by atoms with Gasteiger partial charge in [-0.2, -0.15) is 0 Å². The first kappa shape index (κ1) is 16.4. The molecule has 0 radical (unpaired) electrons. The first-order valence-electron chi connectivity index (χ1n) is 8.18. The van der Waals surface area contributed by atoms with E-state index < -0.39 is 12.2 Å². The molecular weight excluding hydrogens is 308 g/mol. The molecule has 0 spiro atoms. The molecule has 0 N–H and O–H groups in total. The molecule has 0 heterocycles. The van der Waals surface area contributed by atoms with Crippen LogP contribution in [0.5, 0.6) is 0 Å². The molecular formula is C18H20N2O4. The van der Waals surface area contributed by atoms with Gasteiger partial charge in [0.15, 0.2) is 0 Å². The van der Waals surface area contributed by atoms with Crippen molar-refractivity contribution in [2.24, 2.45) is 22.1 Å². The van der Waals surface area contributed by atoms with Gasteiger partial charge in [-0.15, -0.1) is 0 Å². The molecule has 1 fully saturated rings. The fourth-order valence-electron chi connectivity index (χ4n) is 3.43. The summed E-state index contributed by atoms with van der Waals surface area (Å²) < 4.78 is 9.48. The van der Waals surface area contributed by atoms with Crippen molar-refractivity contribution < 1.29 is 19.1 Å². The van der Waals surface area contributed by atoms with Crippen molar-refractivity contribution in [3.63, 3.8) is 0 Å². The highest BCUT2D eigenvalue weighted by Crippen LogP contribution is 2.48. The highest BCUT2D eigenvalue weighted by Gasteiger charge is 2.36. The van der Waals surface area contributed by atoms with Gasteiger partial charge in [-0.1, -0.05) is 46.6 Å². The van der Waals surface area contributed by atoms with Gasteiger partial charge in [0.2, 0.25) is 0 Å². The second-order valence-corrected chi connectivity index (χ2v) is 6.08. The van der Waals surface area contributed by atoms with Gasteiger partial charge < -0.3 is 9.47 Å². The summed E-state index contributed by atoms with van der Waals surface area (Å²) in [5.74, 6) is 2.02. The zero-order valence-electron chi connectivity index (χ0n) is 13.6. The van der Waals surface area contributed by atoms with E-state index in [4.69, 9.17) is 4.74 Å². The highest BCUT2D eigenvalue weighted by molar-refractivity contribution is 5.73. The van der Waals surface area contributed by atoms with E-state index in [2.05, 4.69) is 39.3 Å². The number of allylic oxidation sites excluding steroid dienone is 2. The Morgan fingerprint density at radius 2 is 1.75 bits per heavy atom. The average molecular weight is 328 g/mol. The Bertz CT molecular complexity index is 666. The summed E-state index contributed by atoms with van der Waals surface area (Å²) in [7, 11) is 0. The lowest BCUT2D eigenvalue weighted by Crippen LogP contribution is -2.05. The quantitative estimate of drug-likeness (QED) is 0.597. The molecule has 0 aliphatic heterocycles. The largest absolute Gasteiger partial charge is 0.452 e. The Balaban J connectivity index is 1.49. The van der Waals surface area contributed by atoms with Crippen molar-refractivity contribution in [3.8, 4) is 0 Å². The predicted molar refractivity (Wildman–Crippen MR) is 86.6 cm³/mol. The maximum atomic E-state index is 11.4. The Kier molecular flexibility index (Phi) is 5.03. The van der Waals surface area contributed by atoms with Crippen LogP contribution in [0.1, 0.15) is 36.8 Å². The van der Waals surface area contributed by atoms with E-state index >= 15 is 0 Å². The molecule has 3 rings (SSSR count). The molecule has 1 unspecified atom stereocenters. The first-order chi connectivity index (χ1) is 11.7. The van der Waals surface area contributed by atoms with Gasteiger partial charge in [0.05, 0.1) is 6.61 Å². The topological polar surface area (TPSA) is 77.3 Å². The van der Waals surface area contributed by atoms with Crippen LogP contribution in [0.4, 0.5) is 9.59 Å². The van der Waals surface area contributed by atoms with E-state index in [-0.39, 0.29) is 13.2 Å². The molecule has 1 saturated carbocycles. The number of carbonyl (C=O) groups excluding carboxylic acids is 2. The summed E-state index contributed by atoms with van der Waals surface area (Å²) in [6.45, 7) is 1.91. The number of ether oxygens (including phenoxy) is 2. The third kappa shape index (κ3) is 3.88. The number of amides is 2. The van der Waals surface area contributed by atoms with Crippen LogP contribution in [0.3, 0.4) is 0 Å². The number of hydrogen-bond donors (Lipinski definition) is 0. The maximum Gasteiger partial charge on any atom is 0.452 e. The second kappa shape index (κ2) is 7.38. The minimum Gasteiger partial charge on any atom is -0.447 e. The molecule has 2 amide bonds. The first-order valence-corrected chi connectivity index (χ1v) is 8.18. The lowest BCUT2D eigenvalue weighted by Gasteiger charge is -2.18. The van der Waals surface area contributed by atoms with E-state index in [0.717, 1.165) is 11.5 Å². The number of azo groups is 1. The zero-order chi connectivity index (χ0) is 16.9. The van der Waals surface area contributed by atoms with Crippen LogP contribution in [0.2, 0.25) is 0 Å². The maximum absolute atomic E-state index is 11.4. The minimum absolute atomic E-state index is 0.0948. The molecule has 2 bridgehead atoms. The minimum atomic E-state index is -0.912. The van der Waals surface area contributed by atoms with Crippen LogP contribution in [0.15, 0.2) is 46.6 Å². The molecule has 6 heteroatoms. The molecule has 3 atom stereocenters. The van der Waals surface area contributed by atoms with Crippen LogP contribution in [0, 0.1) is 11.8 Å². The van der Waals surface area contributed by atoms with E-state index in [9.17, 15) is 9.59 Å². The molecule has 2 aliphatic rings. The summed E-state index contributed by atoms with van der Waals surface area (Å²) >= 11 is 0. The van der Waals surface area contributed by atoms with Gasteiger partial charge in [0.1, 0.15) is 6.61 Å². The Morgan fingerprint density at radius 3 is 2.33 bits per heavy atom. The highest BCUT2D eigenvalue weighted by atomic mass is 16.6. The third-order valence-electron chi connectivity index (χ3n) is 4.53. The van der Waals surface area contributed by atoms with Gasteiger partial charge in [0.25, 0.3) is 0 Å². The third-order valence-corrected chi connectivity index (χ3v) is 4.53. The predicted octanol–water partition coefficient (Wildman–Crippen LogP) is 4.61.